The lowest BCUT2D eigenvalue weighted by atomic mass is 10.2. The van der Waals surface area contributed by atoms with Crippen molar-refractivity contribution in [3.8, 4) is 17.2 Å². The number of rotatable bonds is 4. The van der Waals surface area contributed by atoms with E-state index in [1.807, 2.05) is 6.07 Å². The van der Waals surface area contributed by atoms with Gasteiger partial charge in [-0.05, 0) is 41.5 Å². The van der Waals surface area contributed by atoms with Gasteiger partial charge >= 0.3 is 0 Å². The van der Waals surface area contributed by atoms with Gasteiger partial charge in [0.15, 0.2) is 11.5 Å². The average molecular weight is 310 g/mol. The van der Waals surface area contributed by atoms with Crippen molar-refractivity contribution in [3.05, 3.63) is 59.7 Å². The zero-order valence-electron chi connectivity index (χ0n) is 12.1. The fourth-order valence-corrected chi connectivity index (χ4v) is 2.00. The van der Waals surface area contributed by atoms with Crippen LogP contribution in [0.5, 0.6) is 17.2 Å². The Kier molecular flexibility index (Phi) is 4.24. The summed E-state index contributed by atoms with van der Waals surface area (Å²) in [5.74, 6) is 1.14. The van der Waals surface area contributed by atoms with Crippen LogP contribution in [0, 0.1) is 0 Å². The molecule has 0 saturated heterocycles. The molecule has 0 aliphatic carbocycles. The Morgan fingerprint density at radius 1 is 1.13 bits per heavy atom. The first-order chi connectivity index (χ1) is 11.2. The fourth-order valence-electron chi connectivity index (χ4n) is 2.00. The van der Waals surface area contributed by atoms with Crippen LogP contribution in [0.3, 0.4) is 0 Å². The van der Waals surface area contributed by atoms with Crippen LogP contribution >= 0.6 is 0 Å². The van der Waals surface area contributed by atoms with Gasteiger partial charge in [0.1, 0.15) is 5.75 Å². The smallest absolute Gasteiger partial charge is 0.264 e. The minimum Gasteiger partial charge on any atom is -0.508 e. The van der Waals surface area contributed by atoms with Gasteiger partial charge in [-0.1, -0.05) is 18.2 Å². The molecule has 1 heterocycles. The molecule has 6 heteroatoms. The first-order valence-electron chi connectivity index (χ1n) is 6.90. The topological polar surface area (TPSA) is 80.2 Å². The van der Waals surface area contributed by atoms with Crippen molar-refractivity contribution in [2.45, 2.75) is 0 Å². The number of aromatic hydroxyl groups is 1. The third kappa shape index (κ3) is 3.88. The number of amides is 1. The molecule has 0 aromatic heterocycles. The summed E-state index contributed by atoms with van der Waals surface area (Å²) >= 11 is 0. The molecule has 0 unspecified atom stereocenters. The predicted octanol–water partition coefficient (Wildman–Crippen LogP) is 2.28. The number of phenolic OH excluding ortho intramolecular Hbond substituents is 1. The molecule has 1 aliphatic heterocycles. The Morgan fingerprint density at radius 2 is 2.00 bits per heavy atom. The van der Waals surface area contributed by atoms with E-state index in [2.05, 4.69) is 10.5 Å². The molecule has 2 aromatic rings. The van der Waals surface area contributed by atoms with E-state index in [1.165, 1.54) is 18.4 Å². The first-order valence-corrected chi connectivity index (χ1v) is 6.90. The number of nitrogens with one attached hydrogen (secondary N) is 1. The summed E-state index contributed by atoms with van der Waals surface area (Å²) < 4.78 is 10.5. The van der Waals surface area contributed by atoms with E-state index in [9.17, 15) is 9.90 Å². The summed E-state index contributed by atoms with van der Waals surface area (Å²) in [5, 5.41) is 13.1. The Hall–Kier alpha value is -3.28. The second-order valence-electron chi connectivity index (χ2n) is 4.78. The van der Waals surface area contributed by atoms with Crippen molar-refractivity contribution in [1.29, 1.82) is 0 Å². The number of nitrogens with zero attached hydrogens (tertiary/aromatic N) is 1. The van der Waals surface area contributed by atoms with Crippen molar-refractivity contribution >= 4 is 18.2 Å². The summed E-state index contributed by atoms with van der Waals surface area (Å²) in [5.41, 5.74) is 3.89. The molecule has 0 atom stereocenters. The van der Waals surface area contributed by atoms with Crippen LogP contribution in [-0.4, -0.2) is 24.0 Å². The summed E-state index contributed by atoms with van der Waals surface area (Å²) in [4.78, 5) is 11.7. The van der Waals surface area contributed by atoms with Crippen LogP contribution in [0.25, 0.3) is 6.08 Å². The monoisotopic (exact) mass is 310 g/mol. The Bertz CT molecular complexity index is 784. The third-order valence-corrected chi connectivity index (χ3v) is 3.08. The summed E-state index contributed by atoms with van der Waals surface area (Å²) in [6.07, 6.45) is 4.48. The highest BCUT2D eigenvalue weighted by atomic mass is 16.7. The number of carbonyl (C=O) groups excluding carboxylic acids is 1. The quantitative estimate of drug-likeness (QED) is 0.516. The highest BCUT2D eigenvalue weighted by Crippen LogP contribution is 2.32. The molecule has 6 nitrogen and oxygen atoms in total. The summed E-state index contributed by atoms with van der Waals surface area (Å²) in [7, 11) is 0. The standard InChI is InChI=1S/C17H14N2O4/c20-14-3-1-2-13(8-14)10-18-19-17(21)7-5-12-4-6-15-16(9-12)23-11-22-15/h1-10,20H,11H2,(H,19,21)/b7-5+,18-10+. The Labute approximate surface area is 132 Å². The van der Waals surface area contributed by atoms with Gasteiger partial charge in [-0.15, -0.1) is 0 Å². The second kappa shape index (κ2) is 6.65. The third-order valence-electron chi connectivity index (χ3n) is 3.08. The van der Waals surface area contributed by atoms with Crippen LogP contribution < -0.4 is 14.9 Å². The number of benzene rings is 2. The minimum absolute atomic E-state index is 0.142. The van der Waals surface area contributed by atoms with Crippen molar-refractivity contribution in [3.63, 3.8) is 0 Å². The highest BCUT2D eigenvalue weighted by Gasteiger charge is 2.12. The van der Waals surface area contributed by atoms with Crippen molar-refractivity contribution < 1.29 is 19.4 Å². The number of hydrazone groups is 1. The van der Waals surface area contributed by atoms with Crippen LogP contribution in [0.4, 0.5) is 0 Å². The van der Waals surface area contributed by atoms with E-state index < -0.39 is 0 Å². The molecular formula is C17H14N2O4. The van der Waals surface area contributed by atoms with Crippen LogP contribution in [0.15, 0.2) is 53.6 Å². The second-order valence-corrected chi connectivity index (χ2v) is 4.78. The van der Waals surface area contributed by atoms with Crippen LogP contribution in [0.1, 0.15) is 11.1 Å². The van der Waals surface area contributed by atoms with Gasteiger partial charge in [-0.25, -0.2) is 5.43 Å². The van der Waals surface area contributed by atoms with Gasteiger partial charge in [-0.2, -0.15) is 5.10 Å². The van der Waals surface area contributed by atoms with Crippen LogP contribution in [0.2, 0.25) is 0 Å². The van der Waals surface area contributed by atoms with Crippen molar-refractivity contribution in [2.75, 3.05) is 6.79 Å². The zero-order chi connectivity index (χ0) is 16.1. The van der Waals surface area contributed by atoms with Gasteiger partial charge < -0.3 is 14.6 Å². The molecule has 0 spiro atoms. The Balaban J connectivity index is 1.56. The number of ether oxygens (including phenoxy) is 2. The number of phenols is 1. The molecule has 0 saturated carbocycles. The maximum atomic E-state index is 11.7. The van der Waals surface area contributed by atoms with E-state index in [1.54, 1.807) is 36.4 Å². The van der Waals surface area contributed by atoms with Gasteiger partial charge in [0.2, 0.25) is 6.79 Å². The van der Waals surface area contributed by atoms with Gasteiger partial charge in [0.25, 0.3) is 5.91 Å². The molecule has 1 amide bonds. The lowest BCUT2D eigenvalue weighted by Gasteiger charge is -1.98. The average Bonchev–Trinajstić information content (AvgIpc) is 3.00. The minimum atomic E-state index is -0.362. The van der Waals surface area contributed by atoms with E-state index in [4.69, 9.17) is 9.47 Å². The zero-order valence-corrected chi connectivity index (χ0v) is 12.1. The molecule has 0 fully saturated rings. The van der Waals surface area contributed by atoms with Gasteiger partial charge in [0.05, 0.1) is 6.21 Å². The molecule has 23 heavy (non-hydrogen) atoms. The molecule has 0 radical (unpaired) electrons. The molecule has 116 valence electrons. The molecule has 2 aromatic carbocycles. The summed E-state index contributed by atoms with van der Waals surface area (Å²) in [6.45, 7) is 0.215. The molecule has 3 rings (SSSR count). The normalized spacial score (nSPS) is 12.9. The lowest BCUT2D eigenvalue weighted by molar-refractivity contribution is -0.116. The van der Waals surface area contributed by atoms with E-state index in [0.717, 1.165) is 5.56 Å². The SMILES string of the molecule is O=C(/C=C/c1ccc2c(c1)OCO2)N/N=C/c1cccc(O)c1. The van der Waals surface area contributed by atoms with Crippen molar-refractivity contribution in [1.82, 2.24) is 5.43 Å². The van der Waals surface area contributed by atoms with E-state index in [-0.39, 0.29) is 18.4 Å². The van der Waals surface area contributed by atoms with E-state index >= 15 is 0 Å². The maximum absolute atomic E-state index is 11.7. The first kappa shape index (κ1) is 14.6. The highest BCUT2D eigenvalue weighted by molar-refractivity contribution is 5.92. The maximum Gasteiger partial charge on any atom is 0.264 e. The predicted molar refractivity (Wildman–Crippen MR) is 85.4 cm³/mol. The fraction of sp³-hybridized carbons (Fsp3) is 0.0588. The number of fused-ring (bicyclic) bond motifs is 1. The van der Waals surface area contributed by atoms with Crippen LogP contribution in [-0.2, 0) is 4.79 Å². The number of hydrogen-bond acceptors (Lipinski definition) is 5. The Morgan fingerprint density at radius 3 is 2.87 bits per heavy atom. The number of hydrogen-bond donors (Lipinski definition) is 2. The van der Waals surface area contributed by atoms with Crippen molar-refractivity contribution in [2.24, 2.45) is 5.10 Å². The molecular weight excluding hydrogens is 296 g/mol. The van der Waals surface area contributed by atoms with Gasteiger partial charge in [0, 0.05) is 6.08 Å². The summed E-state index contributed by atoms with van der Waals surface area (Å²) in [6, 6.07) is 12.0. The lowest BCUT2D eigenvalue weighted by Crippen LogP contribution is -2.14. The molecule has 0 bridgehead atoms. The molecule has 1 aliphatic rings. The largest absolute Gasteiger partial charge is 0.508 e. The van der Waals surface area contributed by atoms with E-state index in [0.29, 0.717) is 17.1 Å². The molecule has 2 N–H and O–H groups in total. The number of carbonyl (C=O) groups is 1. The van der Waals surface area contributed by atoms with Gasteiger partial charge in [-0.3, -0.25) is 4.79 Å².